The molecule has 0 amide bonds. The molecule has 1 atom stereocenters. The molecule has 0 spiro atoms. The Labute approximate surface area is 113 Å². The number of hydrogen-bond donors (Lipinski definition) is 3. The first-order chi connectivity index (χ1) is 9.24. The molecule has 1 aliphatic heterocycles. The first-order valence-corrected chi connectivity index (χ1v) is 6.78. The van der Waals surface area contributed by atoms with Gasteiger partial charge >= 0.3 is 0 Å². The Morgan fingerprint density at radius 3 is 2.63 bits per heavy atom. The molecule has 4 N–H and O–H groups in total. The summed E-state index contributed by atoms with van der Waals surface area (Å²) in [6.45, 7) is 4.26. The van der Waals surface area contributed by atoms with Crippen molar-refractivity contribution in [2.75, 3.05) is 37.4 Å². The van der Waals surface area contributed by atoms with Crippen LogP contribution < -0.4 is 20.5 Å². The van der Waals surface area contributed by atoms with E-state index in [0.29, 0.717) is 30.6 Å². The van der Waals surface area contributed by atoms with Crippen LogP contribution in [0.3, 0.4) is 0 Å². The molecule has 1 aliphatic rings. The van der Waals surface area contributed by atoms with E-state index in [1.807, 2.05) is 6.07 Å². The Balaban J connectivity index is 2.03. The summed E-state index contributed by atoms with van der Waals surface area (Å²) in [5.41, 5.74) is 7.52. The summed E-state index contributed by atoms with van der Waals surface area (Å²) >= 11 is 0. The molecule has 0 fully saturated rings. The minimum absolute atomic E-state index is 0.219. The van der Waals surface area contributed by atoms with E-state index in [1.54, 1.807) is 6.07 Å². The Bertz CT molecular complexity index is 423. The molecule has 0 aliphatic carbocycles. The largest absolute Gasteiger partial charge is 0.486 e. The fourth-order valence-corrected chi connectivity index (χ4v) is 2.14. The molecule has 2 rings (SSSR count). The first kappa shape index (κ1) is 13.8. The lowest BCUT2D eigenvalue weighted by Crippen LogP contribution is -2.18. The highest BCUT2D eigenvalue weighted by molar-refractivity contribution is 5.72. The van der Waals surface area contributed by atoms with E-state index in [2.05, 4.69) is 12.2 Å². The molecule has 0 aromatic heterocycles. The van der Waals surface area contributed by atoms with Gasteiger partial charge in [-0.25, -0.2) is 0 Å². The van der Waals surface area contributed by atoms with E-state index >= 15 is 0 Å². The lowest BCUT2D eigenvalue weighted by molar-refractivity contribution is 0.172. The van der Waals surface area contributed by atoms with Crippen molar-refractivity contribution in [1.29, 1.82) is 0 Å². The van der Waals surface area contributed by atoms with Gasteiger partial charge in [0.15, 0.2) is 11.5 Å². The van der Waals surface area contributed by atoms with E-state index in [-0.39, 0.29) is 6.61 Å². The average Bonchev–Trinajstić information content (AvgIpc) is 2.43. The van der Waals surface area contributed by atoms with Gasteiger partial charge in [-0.05, 0) is 12.3 Å². The number of fused-ring (bicyclic) bond motifs is 1. The molecule has 0 bridgehead atoms. The van der Waals surface area contributed by atoms with Gasteiger partial charge in [0.25, 0.3) is 0 Å². The zero-order valence-corrected chi connectivity index (χ0v) is 11.3. The fourth-order valence-electron chi connectivity index (χ4n) is 2.14. The predicted octanol–water partition coefficient (Wildman–Crippen LogP) is 1.86. The number of ether oxygens (including phenoxy) is 2. The van der Waals surface area contributed by atoms with Gasteiger partial charge in [0.1, 0.15) is 13.2 Å². The van der Waals surface area contributed by atoms with Crippen molar-refractivity contribution >= 4 is 11.4 Å². The third-order valence-electron chi connectivity index (χ3n) is 3.41. The van der Waals surface area contributed by atoms with Gasteiger partial charge in [-0.15, -0.1) is 0 Å². The van der Waals surface area contributed by atoms with Crippen molar-refractivity contribution < 1.29 is 14.6 Å². The molecule has 1 aromatic carbocycles. The Morgan fingerprint density at radius 1 is 1.32 bits per heavy atom. The summed E-state index contributed by atoms with van der Waals surface area (Å²) in [4.78, 5) is 0. The molecular formula is C14H22N2O3. The second kappa shape index (κ2) is 6.52. The standard InChI is InChI=1S/C14H22N2O3/c1-2-10(3-4-17)9-16-12-8-14-13(7-11(12)15)18-5-6-19-14/h7-8,10,16-17H,2-6,9,15H2,1H3. The number of anilines is 2. The molecule has 1 unspecified atom stereocenters. The minimum atomic E-state index is 0.219. The summed E-state index contributed by atoms with van der Waals surface area (Å²) in [6.07, 6.45) is 1.83. The smallest absolute Gasteiger partial charge is 0.163 e. The second-order valence-electron chi connectivity index (χ2n) is 4.75. The van der Waals surface area contributed by atoms with Gasteiger partial charge < -0.3 is 25.6 Å². The summed E-state index contributed by atoms with van der Waals surface area (Å²) in [5.74, 6) is 1.88. The van der Waals surface area contributed by atoms with Gasteiger partial charge in [0.05, 0.1) is 11.4 Å². The maximum Gasteiger partial charge on any atom is 0.163 e. The first-order valence-electron chi connectivity index (χ1n) is 6.78. The lowest BCUT2D eigenvalue weighted by atomic mass is 10.0. The van der Waals surface area contributed by atoms with Gasteiger partial charge in [-0.2, -0.15) is 0 Å². The van der Waals surface area contributed by atoms with Crippen LogP contribution in [0.5, 0.6) is 11.5 Å². The molecule has 5 heteroatoms. The molecule has 0 saturated heterocycles. The highest BCUT2D eigenvalue weighted by atomic mass is 16.6. The zero-order valence-electron chi connectivity index (χ0n) is 11.3. The molecule has 1 heterocycles. The number of aliphatic hydroxyl groups excluding tert-OH is 1. The number of nitrogens with two attached hydrogens (primary N) is 1. The van der Waals surface area contributed by atoms with Gasteiger partial charge in [0.2, 0.25) is 0 Å². The van der Waals surface area contributed by atoms with Crippen LogP contribution in [0.2, 0.25) is 0 Å². The number of aliphatic hydroxyl groups is 1. The lowest BCUT2D eigenvalue weighted by Gasteiger charge is -2.21. The molecule has 19 heavy (non-hydrogen) atoms. The SMILES string of the molecule is CCC(CCO)CNc1cc2c(cc1N)OCCO2. The fraction of sp³-hybridized carbons (Fsp3) is 0.571. The third kappa shape index (κ3) is 3.44. The van der Waals surface area contributed by atoms with Crippen LogP contribution in [0.15, 0.2) is 12.1 Å². The maximum atomic E-state index is 8.99. The number of nitrogen functional groups attached to an aromatic ring is 1. The van der Waals surface area contributed by atoms with Crippen molar-refractivity contribution in [3.8, 4) is 11.5 Å². The zero-order chi connectivity index (χ0) is 13.7. The van der Waals surface area contributed by atoms with E-state index in [4.69, 9.17) is 20.3 Å². The topological polar surface area (TPSA) is 76.7 Å². The van der Waals surface area contributed by atoms with E-state index < -0.39 is 0 Å². The monoisotopic (exact) mass is 266 g/mol. The molecule has 5 nitrogen and oxygen atoms in total. The van der Waals surface area contributed by atoms with E-state index in [9.17, 15) is 0 Å². The number of rotatable bonds is 6. The molecule has 1 aromatic rings. The highest BCUT2D eigenvalue weighted by Crippen LogP contribution is 2.37. The van der Waals surface area contributed by atoms with Crippen LogP contribution >= 0.6 is 0 Å². The summed E-state index contributed by atoms with van der Waals surface area (Å²) in [6, 6.07) is 3.68. The van der Waals surface area contributed by atoms with Gasteiger partial charge in [0, 0.05) is 25.3 Å². The molecule has 0 saturated carbocycles. The molecule has 0 radical (unpaired) electrons. The van der Waals surface area contributed by atoms with Crippen molar-refractivity contribution in [2.45, 2.75) is 19.8 Å². The number of hydrogen-bond acceptors (Lipinski definition) is 5. The second-order valence-corrected chi connectivity index (χ2v) is 4.75. The van der Waals surface area contributed by atoms with Crippen LogP contribution in [0, 0.1) is 5.92 Å². The van der Waals surface area contributed by atoms with E-state index in [1.165, 1.54) is 0 Å². The van der Waals surface area contributed by atoms with Crippen LogP contribution in [-0.4, -0.2) is 31.5 Å². The Morgan fingerprint density at radius 2 is 2.00 bits per heavy atom. The molecular weight excluding hydrogens is 244 g/mol. The quantitative estimate of drug-likeness (QED) is 0.685. The summed E-state index contributed by atoms with van der Waals surface area (Å²) in [7, 11) is 0. The van der Waals surface area contributed by atoms with Crippen LogP contribution in [0.4, 0.5) is 11.4 Å². The van der Waals surface area contributed by atoms with Crippen LogP contribution in [0.25, 0.3) is 0 Å². The average molecular weight is 266 g/mol. The predicted molar refractivity (Wildman–Crippen MR) is 75.8 cm³/mol. The van der Waals surface area contributed by atoms with E-state index in [0.717, 1.165) is 30.8 Å². The van der Waals surface area contributed by atoms with Gasteiger partial charge in [-0.1, -0.05) is 13.3 Å². The van der Waals surface area contributed by atoms with Crippen molar-refractivity contribution in [3.63, 3.8) is 0 Å². The van der Waals surface area contributed by atoms with Crippen LogP contribution in [0.1, 0.15) is 19.8 Å². The van der Waals surface area contributed by atoms with Gasteiger partial charge in [-0.3, -0.25) is 0 Å². The maximum absolute atomic E-state index is 8.99. The molecule has 106 valence electrons. The minimum Gasteiger partial charge on any atom is -0.486 e. The third-order valence-corrected chi connectivity index (χ3v) is 3.41. The summed E-state index contributed by atoms with van der Waals surface area (Å²) in [5, 5.41) is 12.3. The number of benzene rings is 1. The van der Waals surface area contributed by atoms with Crippen molar-refractivity contribution in [1.82, 2.24) is 0 Å². The van der Waals surface area contributed by atoms with Crippen LogP contribution in [-0.2, 0) is 0 Å². The van der Waals surface area contributed by atoms with Crippen molar-refractivity contribution in [2.24, 2.45) is 5.92 Å². The normalized spacial score (nSPS) is 15.1. The van der Waals surface area contributed by atoms with Crippen molar-refractivity contribution in [3.05, 3.63) is 12.1 Å². The number of nitrogens with one attached hydrogen (secondary N) is 1. The summed E-state index contributed by atoms with van der Waals surface area (Å²) < 4.78 is 11.0. The Hall–Kier alpha value is -1.62. The highest BCUT2D eigenvalue weighted by Gasteiger charge is 2.15. The Kier molecular flexibility index (Phi) is 4.74.